The Hall–Kier alpha value is -2.22. The van der Waals surface area contributed by atoms with Crippen molar-refractivity contribution in [1.82, 2.24) is 25.1 Å². The molecule has 1 aromatic heterocycles. The fourth-order valence-corrected chi connectivity index (χ4v) is 3.64. The molecule has 2 saturated heterocycles. The van der Waals surface area contributed by atoms with Crippen LogP contribution in [0.3, 0.4) is 0 Å². The molecule has 27 heavy (non-hydrogen) atoms. The molecule has 2 aliphatic rings. The van der Waals surface area contributed by atoms with Crippen LogP contribution in [0.15, 0.2) is 18.2 Å². The molecule has 2 fully saturated rings. The second-order valence-corrected chi connectivity index (χ2v) is 6.44. The van der Waals surface area contributed by atoms with Gasteiger partial charge in [-0.3, -0.25) is 4.90 Å². The molecule has 3 heterocycles. The highest BCUT2D eigenvalue weighted by atomic mass is 35.5. The first-order valence-corrected chi connectivity index (χ1v) is 8.20. The monoisotopic (exact) mass is 400 g/mol. The summed E-state index contributed by atoms with van der Waals surface area (Å²) in [6.45, 7) is 1.73. The van der Waals surface area contributed by atoms with Crippen LogP contribution in [0.4, 0.5) is 13.2 Å². The van der Waals surface area contributed by atoms with Crippen molar-refractivity contribution in [3.05, 3.63) is 35.2 Å². The molecule has 144 valence electrons. The van der Waals surface area contributed by atoms with Gasteiger partial charge in [0.2, 0.25) is 0 Å². The van der Waals surface area contributed by atoms with E-state index in [0.717, 1.165) is 25.0 Å². The third-order valence-corrected chi connectivity index (χ3v) is 4.92. The Morgan fingerprint density at radius 1 is 1.22 bits per heavy atom. The van der Waals surface area contributed by atoms with Crippen molar-refractivity contribution >= 4 is 12.4 Å². The molecule has 0 N–H and O–H groups in total. The predicted octanol–water partition coefficient (Wildman–Crippen LogP) is 2.34. The first-order valence-electron chi connectivity index (χ1n) is 8.20. The quantitative estimate of drug-likeness (QED) is 0.786. The van der Waals surface area contributed by atoms with Crippen molar-refractivity contribution < 1.29 is 17.9 Å². The lowest BCUT2D eigenvalue weighted by molar-refractivity contribution is -0.137. The number of hydrogen-bond donors (Lipinski definition) is 0. The molecule has 0 amide bonds. The van der Waals surface area contributed by atoms with Crippen molar-refractivity contribution in [2.45, 2.75) is 37.6 Å². The topological polar surface area (TPSA) is 79.9 Å². The molecule has 2 aliphatic heterocycles. The number of morpholine rings is 1. The molecule has 4 rings (SSSR count). The van der Waals surface area contributed by atoms with Crippen LogP contribution in [0.25, 0.3) is 5.69 Å². The number of rotatable bonds is 3. The average molecular weight is 401 g/mol. The Labute approximate surface area is 159 Å². The Balaban J connectivity index is 0.00000210. The summed E-state index contributed by atoms with van der Waals surface area (Å²) in [6.07, 6.45) is -2.57. The van der Waals surface area contributed by atoms with Crippen LogP contribution >= 0.6 is 12.4 Å². The normalized spacial score (nSPS) is 22.3. The van der Waals surface area contributed by atoms with Gasteiger partial charge in [0.1, 0.15) is 0 Å². The minimum absolute atomic E-state index is 0. The van der Waals surface area contributed by atoms with Crippen molar-refractivity contribution in [2.75, 3.05) is 13.2 Å². The van der Waals surface area contributed by atoms with Crippen LogP contribution in [-0.2, 0) is 17.5 Å². The van der Waals surface area contributed by atoms with Gasteiger partial charge in [-0.15, -0.1) is 17.5 Å². The number of tetrazole rings is 1. The van der Waals surface area contributed by atoms with Gasteiger partial charge in [-0.1, -0.05) is 0 Å². The first-order chi connectivity index (χ1) is 12.5. The first kappa shape index (κ1) is 19.5. The largest absolute Gasteiger partial charge is 0.417 e. The molecule has 2 aromatic rings. The van der Waals surface area contributed by atoms with Crippen LogP contribution < -0.4 is 0 Å². The highest BCUT2D eigenvalue weighted by Crippen LogP contribution is 2.34. The maximum absolute atomic E-state index is 13.2. The van der Waals surface area contributed by atoms with Crippen molar-refractivity contribution in [3.63, 3.8) is 0 Å². The van der Waals surface area contributed by atoms with Crippen molar-refractivity contribution in [1.29, 1.82) is 5.26 Å². The molecule has 7 nitrogen and oxygen atoms in total. The fourth-order valence-electron chi connectivity index (χ4n) is 3.64. The van der Waals surface area contributed by atoms with Crippen LogP contribution in [-0.4, -0.2) is 50.4 Å². The smallest absolute Gasteiger partial charge is 0.378 e. The van der Waals surface area contributed by atoms with E-state index >= 15 is 0 Å². The molecule has 2 bridgehead atoms. The van der Waals surface area contributed by atoms with Crippen LogP contribution in [0.5, 0.6) is 0 Å². The number of nitriles is 1. The van der Waals surface area contributed by atoms with Gasteiger partial charge in [-0.2, -0.15) is 23.1 Å². The zero-order valence-electron chi connectivity index (χ0n) is 14.1. The number of ether oxygens (including phenoxy) is 1. The Bertz CT molecular complexity index is 849. The van der Waals surface area contributed by atoms with Gasteiger partial charge in [-0.25, -0.2) is 0 Å². The van der Waals surface area contributed by atoms with E-state index in [1.807, 2.05) is 0 Å². The summed E-state index contributed by atoms with van der Waals surface area (Å²) in [4.78, 5) is 2.25. The third kappa shape index (κ3) is 3.63. The Kier molecular flexibility index (Phi) is 5.37. The molecule has 0 radical (unpaired) electrons. The zero-order chi connectivity index (χ0) is 18.3. The van der Waals surface area contributed by atoms with Gasteiger partial charge in [0.25, 0.3) is 0 Å². The highest BCUT2D eigenvalue weighted by Gasteiger charge is 2.38. The van der Waals surface area contributed by atoms with Crippen molar-refractivity contribution in [3.8, 4) is 11.8 Å². The molecule has 0 saturated carbocycles. The summed E-state index contributed by atoms with van der Waals surface area (Å²) in [5.41, 5.74) is -1.25. The van der Waals surface area contributed by atoms with E-state index in [0.29, 0.717) is 25.6 Å². The Morgan fingerprint density at radius 3 is 2.56 bits per heavy atom. The zero-order valence-corrected chi connectivity index (χ0v) is 14.9. The molecular formula is C16H16ClF3N6O. The fraction of sp³-hybridized carbons (Fsp3) is 0.500. The molecule has 0 unspecified atom stereocenters. The number of hydrogen-bond acceptors (Lipinski definition) is 6. The van der Waals surface area contributed by atoms with Crippen LogP contribution in [0.2, 0.25) is 0 Å². The number of benzene rings is 1. The Morgan fingerprint density at radius 2 is 1.93 bits per heavy atom. The number of fused-ring (bicyclic) bond motifs is 2. The highest BCUT2D eigenvalue weighted by molar-refractivity contribution is 5.85. The second-order valence-electron chi connectivity index (χ2n) is 6.44. The minimum Gasteiger partial charge on any atom is -0.378 e. The summed E-state index contributed by atoms with van der Waals surface area (Å²) in [7, 11) is 0. The summed E-state index contributed by atoms with van der Waals surface area (Å²) < 4.78 is 46.5. The molecule has 0 aliphatic carbocycles. The standard InChI is InChI=1S/C16H15F3N6O.ClH/c17-16(18,19)14-5-11(2-1-10(14)6-20)25-15(21-22-23-25)7-24-12-3-4-13(24)9-26-8-12;/h1-2,5,12-13H,3-4,7-9H2;1H/t12-,13+;. The van der Waals surface area contributed by atoms with Gasteiger partial charge in [-0.05, 0) is 41.5 Å². The second kappa shape index (κ2) is 7.42. The summed E-state index contributed by atoms with van der Waals surface area (Å²) >= 11 is 0. The van der Waals surface area contributed by atoms with Gasteiger partial charge < -0.3 is 4.74 Å². The van der Waals surface area contributed by atoms with E-state index in [2.05, 4.69) is 20.4 Å². The van der Waals surface area contributed by atoms with E-state index in [-0.39, 0.29) is 30.2 Å². The average Bonchev–Trinajstić information content (AvgIpc) is 3.15. The maximum Gasteiger partial charge on any atom is 0.417 e. The predicted molar refractivity (Wildman–Crippen MR) is 89.3 cm³/mol. The molecular weight excluding hydrogens is 385 g/mol. The lowest BCUT2D eigenvalue weighted by Crippen LogP contribution is -2.45. The molecule has 11 heteroatoms. The van der Waals surface area contributed by atoms with E-state index in [4.69, 9.17) is 10.00 Å². The summed E-state index contributed by atoms with van der Waals surface area (Å²) in [5.74, 6) is 0.460. The third-order valence-electron chi connectivity index (χ3n) is 4.92. The SMILES string of the molecule is Cl.N#Cc1ccc(-n2nnnc2CN2[C@@H]3CC[C@H]2COC3)cc1C(F)(F)F. The summed E-state index contributed by atoms with van der Waals surface area (Å²) in [6, 6.07) is 5.61. The van der Waals surface area contributed by atoms with Gasteiger partial charge in [0.15, 0.2) is 5.82 Å². The van der Waals surface area contributed by atoms with E-state index in [1.165, 1.54) is 10.7 Å². The van der Waals surface area contributed by atoms with Crippen LogP contribution in [0.1, 0.15) is 29.8 Å². The molecule has 0 spiro atoms. The van der Waals surface area contributed by atoms with Gasteiger partial charge >= 0.3 is 6.18 Å². The number of halogens is 4. The lowest BCUT2D eigenvalue weighted by atomic mass is 10.1. The lowest BCUT2D eigenvalue weighted by Gasteiger charge is -2.33. The van der Waals surface area contributed by atoms with Crippen LogP contribution in [0, 0.1) is 11.3 Å². The summed E-state index contributed by atoms with van der Waals surface area (Å²) in [5, 5.41) is 20.4. The van der Waals surface area contributed by atoms with Gasteiger partial charge in [0.05, 0.1) is 42.6 Å². The number of aromatic nitrogens is 4. The maximum atomic E-state index is 13.2. The minimum atomic E-state index is -4.63. The van der Waals surface area contributed by atoms with E-state index < -0.39 is 17.3 Å². The number of nitrogens with zero attached hydrogens (tertiary/aromatic N) is 6. The van der Waals surface area contributed by atoms with Crippen molar-refractivity contribution in [2.24, 2.45) is 0 Å². The van der Waals surface area contributed by atoms with E-state index in [9.17, 15) is 13.2 Å². The van der Waals surface area contributed by atoms with Gasteiger partial charge in [0, 0.05) is 12.1 Å². The number of alkyl halides is 3. The molecule has 1 aromatic carbocycles. The molecule has 2 atom stereocenters. The van der Waals surface area contributed by atoms with E-state index in [1.54, 1.807) is 6.07 Å².